The summed E-state index contributed by atoms with van der Waals surface area (Å²) in [6.45, 7) is 7.33. The fourth-order valence-corrected chi connectivity index (χ4v) is 4.16. The topological polar surface area (TPSA) is 65.0 Å². The summed E-state index contributed by atoms with van der Waals surface area (Å²) >= 11 is 0. The van der Waals surface area contributed by atoms with Crippen molar-refractivity contribution in [3.63, 3.8) is 0 Å². The van der Waals surface area contributed by atoms with Crippen molar-refractivity contribution in [2.75, 3.05) is 55.7 Å². The van der Waals surface area contributed by atoms with Gasteiger partial charge in [-0.1, -0.05) is 12.1 Å². The predicted molar refractivity (Wildman–Crippen MR) is 122 cm³/mol. The second-order valence-electron chi connectivity index (χ2n) is 7.93. The number of rotatable bonds is 6. The average molecular weight is 445 g/mol. The normalized spacial score (nSPS) is 19.3. The Morgan fingerprint density at radius 2 is 1.91 bits per heavy atom. The Kier molecular flexibility index (Phi) is 7.36. The fourth-order valence-electron chi connectivity index (χ4n) is 4.16. The summed E-state index contributed by atoms with van der Waals surface area (Å²) in [7, 11) is 0. The summed E-state index contributed by atoms with van der Waals surface area (Å²) < 4.78 is 33.8. The predicted octanol–water partition coefficient (Wildman–Crippen LogP) is 2.53. The highest BCUT2D eigenvalue weighted by molar-refractivity contribution is 5.80. The molecule has 32 heavy (non-hydrogen) atoms. The van der Waals surface area contributed by atoms with Crippen LogP contribution in [-0.4, -0.2) is 62.9 Å². The van der Waals surface area contributed by atoms with Gasteiger partial charge in [-0.15, -0.1) is 0 Å². The third-order valence-electron chi connectivity index (χ3n) is 5.71. The Morgan fingerprint density at radius 1 is 1.12 bits per heavy atom. The standard InChI is InChI=1S/C23H30F2N6O/c1-2-26-23(28-15-17-5-4-9-27-22(17)30-11-13-32-14-12-30)29-18-8-10-31(16-18)21-19(24)6-3-7-20(21)25/h3-7,9,18H,2,8,10-16H2,1H3,(H2,26,28,29). The van der Waals surface area contributed by atoms with Crippen molar-refractivity contribution >= 4 is 17.5 Å². The molecule has 2 fully saturated rings. The number of pyridine rings is 1. The molecule has 2 aromatic rings. The zero-order chi connectivity index (χ0) is 22.3. The summed E-state index contributed by atoms with van der Waals surface area (Å²) in [5, 5.41) is 6.70. The van der Waals surface area contributed by atoms with E-state index in [0.717, 1.165) is 30.9 Å². The van der Waals surface area contributed by atoms with Gasteiger partial charge in [-0.3, -0.25) is 0 Å². The second kappa shape index (κ2) is 10.6. The Labute approximate surface area is 187 Å². The van der Waals surface area contributed by atoms with E-state index in [1.807, 2.05) is 19.1 Å². The molecule has 4 rings (SSSR count). The van der Waals surface area contributed by atoms with E-state index < -0.39 is 11.6 Å². The van der Waals surface area contributed by atoms with Gasteiger partial charge in [-0.05, 0) is 31.5 Å². The first-order chi connectivity index (χ1) is 15.7. The van der Waals surface area contributed by atoms with Crippen LogP contribution in [0, 0.1) is 11.6 Å². The molecule has 9 heteroatoms. The monoisotopic (exact) mass is 444 g/mol. The van der Waals surface area contributed by atoms with Crippen LogP contribution in [0.15, 0.2) is 41.5 Å². The maximum atomic E-state index is 14.2. The minimum absolute atomic E-state index is 0.0411. The summed E-state index contributed by atoms with van der Waals surface area (Å²) in [5.74, 6) is 0.569. The van der Waals surface area contributed by atoms with Crippen LogP contribution >= 0.6 is 0 Å². The lowest BCUT2D eigenvalue weighted by Gasteiger charge is -2.29. The fraction of sp³-hybridized carbons (Fsp3) is 0.478. The molecular weight excluding hydrogens is 414 g/mol. The van der Waals surface area contributed by atoms with Crippen molar-refractivity contribution in [1.82, 2.24) is 15.6 Å². The van der Waals surface area contributed by atoms with Crippen LogP contribution in [0.1, 0.15) is 18.9 Å². The van der Waals surface area contributed by atoms with E-state index in [1.165, 1.54) is 18.2 Å². The summed E-state index contributed by atoms with van der Waals surface area (Å²) in [5.41, 5.74) is 1.09. The molecule has 1 atom stereocenters. The lowest BCUT2D eigenvalue weighted by molar-refractivity contribution is 0.122. The Bertz CT molecular complexity index is 914. The molecule has 2 saturated heterocycles. The first-order valence-corrected chi connectivity index (χ1v) is 11.2. The quantitative estimate of drug-likeness (QED) is 0.527. The lowest BCUT2D eigenvalue weighted by atomic mass is 10.2. The average Bonchev–Trinajstić information content (AvgIpc) is 3.26. The van der Waals surface area contributed by atoms with Crippen molar-refractivity contribution in [2.24, 2.45) is 4.99 Å². The van der Waals surface area contributed by atoms with Crippen LogP contribution in [0.4, 0.5) is 20.3 Å². The molecule has 0 amide bonds. The van der Waals surface area contributed by atoms with Crippen molar-refractivity contribution in [2.45, 2.75) is 25.9 Å². The number of nitrogens with zero attached hydrogens (tertiary/aromatic N) is 4. The zero-order valence-corrected chi connectivity index (χ0v) is 18.4. The van der Waals surface area contributed by atoms with Crippen LogP contribution < -0.4 is 20.4 Å². The molecule has 0 radical (unpaired) electrons. The van der Waals surface area contributed by atoms with Gasteiger partial charge in [-0.25, -0.2) is 18.8 Å². The molecule has 0 aliphatic carbocycles. The van der Waals surface area contributed by atoms with Gasteiger partial charge < -0.3 is 25.2 Å². The molecule has 3 heterocycles. The molecule has 7 nitrogen and oxygen atoms in total. The van der Waals surface area contributed by atoms with Gasteiger partial charge in [-0.2, -0.15) is 0 Å². The lowest BCUT2D eigenvalue weighted by Crippen LogP contribution is -2.44. The van der Waals surface area contributed by atoms with Crippen LogP contribution in [0.25, 0.3) is 0 Å². The maximum Gasteiger partial charge on any atom is 0.191 e. The minimum Gasteiger partial charge on any atom is -0.378 e. The number of morpholine rings is 1. The summed E-state index contributed by atoms with van der Waals surface area (Å²) in [4.78, 5) is 13.3. The SMILES string of the molecule is CCNC(=NCc1cccnc1N1CCOCC1)NC1CCN(c2c(F)cccc2F)C1. The maximum absolute atomic E-state index is 14.2. The highest BCUT2D eigenvalue weighted by Gasteiger charge is 2.27. The van der Waals surface area contributed by atoms with Crippen molar-refractivity contribution in [3.05, 3.63) is 53.7 Å². The van der Waals surface area contributed by atoms with E-state index in [4.69, 9.17) is 9.73 Å². The third-order valence-corrected chi connectivity index (χ3v) is 5.71. The molecule has 2 N–H and O–H groups in total. The molecule has 0 bridgehead atoms. The van der Waals surface area contributed by atoms with Gasteiger partial charge in [0.25, 0.3) is 0 Å². The molecule has 0 saturated carbocycles. The number of benzene rings is 1. The highest BCUT2D eigenvalue weighted by Crippen LogP contribution is 2.26. The Balaban J connectivity index is 1.42. The Morgan fingerprint density at radius 3 is 2.66 bits per heavy atom. The Hall–Kier alpha value is -2.94. The second-order valence-corrected chi connectivity index (χ2v) is 7.93. The number of anilines is 2. The number of halogens is 2. The number of para-hydroxylation sites is 1. The van der Waals surface area contributed by atoms with Crippen LogP contribution in [0.5, 0.6) is 0 Å². The number of guanidine groups is 1. The van der Waals surface area contributed by atoms with Crippen molar-refractivity contribution < 1.29 is 13.5 Å². The van der Waals surface area contributed by atoms with E-state index in [9.17, 15) is 8.78 Å². The molecule has 2 aliphatic heterocycles. The minimum atomic E-state index is -0.529. The third kappa shape index (κ3) is 5.27. The van der Waals surface area contributed by atoms with E-state index >= 15 is 0 Å². The summed E-state index contributed by atoms with van der Waals surface area (Å²) in [6, 6.07) is 7.99. The van der Waals surface area contributed by atoms with Crippen LogP contribution in [-0.2, 0) is 11.3 Å². The number of aliphatic imine (C=N–C) groups is 1. The smallest absolute Gasteiger partial charge is 0.191 e. The van der Waals surface area contributed by atoms with Gasteiger partial charge >= 0.3 is 0 Å². The van der Waals surface area contributed by atoms with Gasteiger partial charge in [0, 0.05) is 50.5 Å². The molecule has 2 aliphatic rings. The summed E-state index contributed by atoms with van der Waals surface area (Å²) in [6.07, 6.45) is 2.57. The number of aromatic nitrogens is 1. The largest absolute Gasteiger partial charge is 0.378 e. The van der Waals surface area contributed by atoms with Crippen molar-refractivity contribution in [3.8, 4) is 0 Å². The van der Waals surface area contributed by atoms with Gasteiger partial charge in [0.1, 0.15) is 23.1 Å². The van der Waals surface area contributed by atoms with Crippen molar-refractivity contribution in [1.29, 1.82) is 0 Å². The zero-order valence-electron chi connectivity index (χ0n) is 18.4. The molecular formula is C23H30F2N6O. The van der Waals surface area contributed by atoms with E-state index in [2.05, 4.69) is 20.5 Å². The van der Waals surface area contributed by atoms with Gasteiger partial charge in [0.05, 0.1) is 19.8 Å². The van der Waals surface area contributed by atoms with E-state index in [0.29, 0.717) is 45.4 Å². The number of hydrogen-bond acceptors (Lipinski definition) is 5. The number of hydrogen-bond donors (Lipinski definition) is 2. The van der Waals surface area contributed by atoms with E-state index in [1.54, 1.807) is 11.1 Å². The van der Waals surface area contributed by atoms with Gasteiger partial charge in [0.15, 0.2) is 5.96 Å². The van der Waals surface area contributed by atoms with Crippen LogP contribution in [0.3, 0.4) is 0 Å². The molecule has 1 aromatic heterocycles. The molecule has 172 valence electrons. The highest BCUT2D eigenvalue weighted by atomic mass is 19.1. The molecule has 1 aromatic carbocycles. The number of nitrogens with one attached hydrogen (secondary N) is 2. The molecule has 1 unspecified atom stereocenters. The first kappa shape index (κ1) is 22.3. The first-order valence-electron chi connectivity index (χ1n) is 11.2. The van der Waals surface area contributed by atoms with Crippen LogP contribution in [0.2, 0.25) is 0 Å². The number of ether oxygens (including phenoxy) is 1. The van der Waals surface area contributed by atoms with E-state index in [-0.39, 0.29) is 11.7 Å². The molecule has 0 spiro atoms. The van der Waals surface area contributed by atoms with Gasteiger partial charge in [0.2, 0.25) is 0 Å².